The smallest absolute Gasteiger partial charge is 0.337 e. The number of halogens is 1. The van der Waals surface area contributed by atoms with Crippen LogP contribution in [0.2, 0.25) is 0 Å². The third-order valence-corrected chi connectivity index (χ3v) is 2.31. The van der Waals surface area contributed by atoms with Gasteiger partial charge in [-0.15, -0.1) is 11.6 Å². The van der Waals surface area contributed by atoms with Crippen LogP contribution in [0.15, 0.2) is 23.2 Å². The number of esters is 1. The number of nitrogens with two attached hydrogens (primary N) is 1. The van der Waals surface area contributed by atoms with E-state index < -0.39 is 5.97 Å². The van der Waals surface area contributed by atoms with Gasteiger partial charge in [0.15, 0.2) is 0 Å². The molecule has 0 aliphatic carbocycles. The predicted octanol–water partition coefficient (Wildman–Crippen LogP) is 2.01. The van der Waals surface area contributed by atoms with Crippen LogP contribution in [-0.4, -0.2) is 24.8 Å². The van der Waals surface area contributed by atoms with Gasteiger partial charge in [0.25, 0.3) is 0 Å². The number of alkyl halides is 1. The molecule has 16 heavy (non-hydrogen) atoms. The lowest BCUT2D eigenvalue weighted by atomic mass is 10.1. The summed E-state index contributed by atoms with van der Waals surface area (Å²) in [6.45, 7) is 1.88. The van der Waals surface area contributed by atoms with Crippen LogP contribution in [0.25, 0.3) is 0 Å². The molecule has 1 aromatic rings. The molecule has 0 bridgehead atoms. The molecule has 0 aliphatic heterocycles. The molecule has 2 N–H and O–H groups in total. The molecule has 0 unspecified atom stereocenters. The van der Waals surface area contributed by atoms with Gasteiger partial charge in [0.2, 0.25) is 0 Å². The summed E-state index contributed by atoms with van der Waals surface area (Å²) in [4.78, 5) is 15.4. The number of nitrogens with zero attached hydrogens (tertiary/aromatic N) is 1. The van der Waals surface area contributed by atoms with Crippen LogP contribution in [0.3, 0.4) is 0 Å². The molecule has 5 heteroatoms. The number of hydrogen-bond donors (Lipinski definition) is 1. The van der Waals surface area contributed by atoms with Crippen LogP contribution >= 0.6 is 11.6 Å². The highest BCUT2D eigenvalue weighted by Crippen LogP contribution is 2.20. The minimum absolute atomic E-state index is 0.155. The summed E-state index contributed by atoms with van der Waals surface area (Å²) in [7, 11) is 1.33. The molecule has 1 rings (SSSR count). The van der Waals surface area contributed by atoms with Crippen LogP contribution < -0.4 is 5.73 Å². The summed E-state index contributed by atoms with van der Waals surface area (Å²) >= 11 is 5.54. The van der Waals surface area contributed by atoms with E-state index in [2.05, 4.69) is 9.73 Å². The zero-order valence-electron chi connectivity index (χ0n) is 9.16. The Morgan fingerprint density at radius 2 is 2.25 bits per heavy atom. The van der Waals surface area contributed by atoms with E-state index in [1.54, 1.807) is 18.2 Å². The van der Waals surface area contributed by atoms with Crippen molar-refractivity contribution in [2.75, 3.05) is 13.0 Å². The van der Waals surface area contributed by atoms with E-state index >= 15 is 0 Å². The maximum absolute atomic E-state index is 11.3. The van der Waals surface area contributed by atoms with Crippen molar-refractivity contribution in [1.82, 2.24) is 0 Å². The average Bonchev–Trinajstić information content (AvgIpc) is 2.30. The highest BCUT2D eigenvalue weighted by Gasteiger charge is 2.07. The quantitative estimate of drug-likeness (QED) is 0.380. The highest BCUT2D eigenvalue weighted by molar-refractivity contribution is 6.28. The summed E-state index contributed by atoms with van der Waals surface area (Å²) in [5, 5.41) is 0. The van der Waals surface area contributed by atoms with Gasteiger partial charge in [0.1, 0.15) is 5.84 Å². The lowest BCUT2D eigenvalue weighted by molar-refractivity contribution is 0.0601. The standard InChI is InChI=1S/C11H13ClN2O2/c1-7-3-4-8(11(15)16-2)5-9(7)14-10(13)6-12/h3-5H,6H2,1-2H3,(H2,13,14). The molecule has 0 spiro atoms. The van der Waals surface area contributed by atoms with Gasteiger partial charge in [-0.25, -0.2) is 9.79 Å². The van der Waals surface area contributed by atoms with Gasteiger partial charge in [0, 0.05) is 0 Å². The zero-order valence-corrected chi connectivity index (χ0v) is 9.91. The van der Waals surface area contributed by atoms with Gasteiger partial charge in [-0.2, -0.15) is 0 Å². The van der Waals surface area contributed by atoms with Crippen LogP contribution in [0.4, 0.5) is 5.69 Å². The average molecular weight is 241 g/mol. The maximum atomic E-state index is 11.3. The summed E-state index contributed by atoms with van der Waals surface area (Å²) in [6, 6.07) is 5.09. The van der Waals surface area contributed by atoms with E-state index in [0.29, 0.717) is 17.1 Å². The Morgan fingerprint density at radius 3 is 2.81 bits per heavy atom. The fraction of sp³-hybridized carbons (Fsp3) is 0.273. The lowest BCUT2D eigenvalue weighted by Crippen LogP contribution is -2.12. The number of carbonyl (C=O) groups excluding carboxylic acids is 1. The molecule has 0 aliphatic rings. The normalized spacial score (nSPS) is 11.3. The predicted molar refractivity (Wildman–Crippen MR) is 64.5 cm³/mol. The maximum Gasteiger partial charge on any atom is 0.337 e. The van der Waals surface area contributed by atoms with Crippen LogP contribution in [0.1, 0.15) is 15.9 Å². The number of carbonyl (C=O) groups is 1. The molecule has 4 nitrogen and oxygen atoms in total. The molecule has 0 atom stereocenters. The number of benzene rings is 1. The van der Waals surface area contributed by atoms with E-state index in [9.17, 15) is 4.79 Å². The van der Waals surface area contributed by atoms with E-state index in [4.69, 9.17) is 17.3 Å². The van der Waals surface area contributed by atoms with Crippen LogP contribution in [-0.2, 0) is 4.74 Å². The van der Waals surface area contributed by atoms with E-state index in [1.807, 2.05) is 6.92 Å². The van der Waals surface area contributed by atoms with Crippen LogP contribution in [0, 0.1) is 6.92 Å². The molecular formula is C11H13ClN2O2. The Bertz CT molecular complexity index is 430. The number of amidine groups is 1. The lowest BCUT2D eigenvalue weighted by Gasteiger charge is -2.04. The van der Waals surface area contributed by atoms with Crippen molar-refractivity contribution in [3.63, 3.8) is 0 Å². The number of aryl methyl sites for hydroxylation is 1. The molecule has 86 valence electrons. The van der Waals surface area contributed by atoms with Gasteiger partial charge in [-0.05, 0) is 24.6 Å². The SMILES string of the molecule is COC(=O)c1ccc(C)c(N=C(N)CCl)c1. The first-order valence-electron chi connectivity index (χ1n) is 4.66. The second-order valence-electron chi connectivity index (χ2n) is 3.23. The molecule has 0 saturated carbocycles. The van der Waals surface area contributed by atoms with Crippen molar-refractivity contribution in [2.45, 2.75) is 6.92 Å². The Hall–Kier alpha value is -1.55. The van der Waals surface area contributed by atoms with Gasteiger partial charge in [-0.1, -0.05) is 6.07 Å². The zero-order chi connectivity index (χ0) is 12.1. The molecule has 0 fully saturated rings. The molecule has 0 radical (unpaired) electrons. The van der Waals surface area contributed by atoms with Gasteiger partial charge in [-0.3, -0.25) is 0 Å². The third-order valence-electron chi connectivity index (χ3n) is 2.03. The van der Waals surface area contributed by atoms with Crippen molar-refractivity contribution < 1.29 is 9.53 Å². The number of rotatable bonds is 3. The molecule has 0 amide bonds. The number of aliphatic imine (C=N–C) groups is 1. The summed E-state index contributed by atoms with van der Waals surface area (Å²) in [5.74, 6) is 0.0645. The highest BCUT2D eigenvalue weighted by atomic mass is 35.5. The van der Waals surface area contributed by atoms with Gasteiger partial charge >= 0.3 is 5.97 Å². The van der Waals surface area contributed by atoms with Crippen molar-refractivity contribution in [3.8, 4) is 0 Å². The molecule has 1 aromatic carbocycles. The first-order valence-corrected chi connectivity index (χ1v) is 5.20. The second-order valence-corrected chi connectivity index (χ2v) is 3.50. The van der Waals surface area contributed by atoms with Crippen molar-refractivity contribution in [3.05, 3.63) is 29.3 Å². The topological polar surface area (TPSA) is 64.7 Å². The molecule has 0 aromatic heterocycles. The van der Waals surface area contributed by atoms with Crippen molar-refractivity contribution >= 4 is 29.1 Å². The summed E-state index contributed by atoms with van der Waals surface area (Å²) in [5.41, 5.74) is 7.52. The summed E-state index contributed by atoms with van der Waals surface area (Å²) in [6.07, 6.45) is 0. The monoisotopic (exact) mass is 240 g/mol. The Morgan fingerprint density at radius 1 is 1.56 bits per heavy atom. The number of hydrogen-bond acceptors (Lipinski definition) is 3. The van der Waals surface area contributed by atoms with Crippen molar-refractivity contribution in [2.24, 2.45) is 10.7 Å². The molecule has 0 heterocycles. The Labute approximate surface area is 99.1 Å². The fourth-order valence-electron chi connectivity index (χ4n) is 1.16. The van der Waals surface area contributed by atoms with Gasteiger partial charge < -0.3 is 10.5 Å². The number of methoxy groups -OCH3 is 1. The second kappa shape index (κ2) is 5.51. The Balaban J connectivity index is 3.14. The van der Waals surface area contributed by atoms with E-state index in [1.165, 1.54) is 7.11 Å². The fourth-order valence-corrected chi connectivity index (χ4v) is 1.22. The largest absolute Gasteiger partial charge is 0.465 e. The first kappa shape index (κ1) is 12.5. The number of ether oxygens (including phenoxy) is 1. The van der Waals surface area contributed by atoms with Gasteiger partial charge in [0.05, 0.1) is 24.2 Å². The van der Waals surface area contributed by atoms with E-state index in [0.717, 1.165) is 5.56 Å². The van der Waals surface area contributed by atoms with Crippen molar-refractivity contribution in [1.29, 1.82) is 0 Å². The molecular weight excluding hydrogens is 228 g/mol. The minimum atomic E-state index is -0.402. The summed E-state index contributed by atoms with van der Waals surface area (Å²) < 4.78 is 4.62. The first-order chi connectivity index (χ1) is 7.58. The minimum Gasteiger partial charge on any atom is -0.465 e. The van der Waals surface area contributed by atoms with E-state index in [-0.39, 0.29) is 5.88 Å². The molecule has 0 saturated heterocycles. The Kier molecular flexibility index (Phi) is 4.31. The third kappa shape index (κ3) is 2.97. The van der Waals surface area contributed by atoms with Crippen LogP contribution in [0.5, 0.6) is 0 Å².